The minimum absolute atomic E-state index is 0.255. The Hall–Kier alpha value is -1.71. The molecule has 16 heavy (non-hydrogen) atoms. The molecule has 0 spiro atoms. The number of rotatable bonds is 2. The number of hydrogen-bond acceptors (Lipinski definition) is 4. The van der Waals surface area contributed by atoms with E-state index < -0.39 is 0 Å². The first kappa shape index (κ1) is 10.8. The van der Waals surface area contributed by atoms with Crippen molar-refractivity contribution in [1.82, 2.24) is 0 Å². The van der Waals surface area contributed by atoms with Crippen molar-refractivity contribution in [3.63, 3.8) is 0 Å². The van der Waals surface area contributed by atoms with E-state index in [0.717, 1.165) is 17.7 Å². The van der Waals surface area contributed by atoms with Gasteiger partial charge in [-0.1, -0.05) is 6.07 Å². The molecule has 4 heteroatoms. The van der Waals surface area contributed by atoms with E-state index in [4.69, 9.17) is 9.47 Å². The minimum atomic E-state index is -0.255. The monoisotopic (exact) mass is 222 g/mol. The molecule has 0 atom stereocenters. The molecule has 1 aliphatic rings. The van der Waals surface area contributed by atoms with Gasteiger partial charge in [-0.05, 0) is 17.7 Å². The van der Waals surface area contributed by atoms with Gasteiger partial charge in [0.2, 0.25) is 0 Å². The summed E-state index contributed by atoms with van der Waals surface area (Å²) in [5.41, 5.74) is 0.871. The fourth-order valence-corrected chi connectivity index (χ4v) is 1.56. The maximum Gasteiger partial charge on any atom is 0.309 e. The SMILES string of the molecule is COC(=O)Cc1ccc2c(c1)OCCCO2. The lowest BCUT2D eigenvalue weighted by Crippen LogP contribution is -2.04. The lowest BCUT2D eigenvalue weighted by molar-refractivity contribution is -0.139. The molecule has 0 radical (unpaired) electrons. The second kappa shape index (κ2) is 4.88. The van der Waals surface area contributed by atoms with Gasteiger partial charge in [-0.3, -0.25) is 4.79 Å². The molecule has 1 aromatic rings. The Morgan fingerprint density at radius 3 is 2.81 bits per heavy atom. The molecule has 0 fully saturated rings. The molecule has 0 aliphatic carbocycles. The zero-order chi connectivity index (χ0) is 11.4. The smallest absolute Gasteiger partial charge is 0.309 e. The van der Waals surface area contributed by atoms with Crippen LogP contribution in [-0.2, 0) is 16.0 Å². The summed E-state index contributed by atoms with van der Waals surface area (Å²) in [6, 6.07) is 5.51. The van der Waals surface area contributed by atoms with E-state index >= 15 is 0 Å². The van der Waals surface area contributed by atoms with Crippen molar-refractivity contribution in [1.29, 1.82) is 0 Å². The first-order valence-corrected chi connectivity index (χ1v) is 5.25. The minimum Gasteiger partial charge on any atom is -0.490 e. The number of methoxy groups -OCH3 is 1. The molecule has 0 saturated carbocycles. The average molecular weight is 222 g/mol. The van der Waals surface area contributed by atoms with E-state index in [0.29, 0.717) is 19.0 Å². The quantitative estimate of drug-likeness (QED) is 0.712. The van der Waals surface area contributed by atoms with Crippen LogP contribution in [0.4, 0.5) is 0 Å². The highest BCUT2D eigenvalue weighted by atomic mass is 16.5. The van der Waals surface area contributed by atoms with Crippen molar-refractivity contribution < 1.29 is 19.0 Å². The molecule has 0 aromatic heterocycles. The highest BCUT2D eigenvalue weighted by Crippen LogP contribution is 2.30. The van der Waals surface area contributed by atoms with Crippen LogP contribution in [0, 0.1) is 0 Å². The van der Waals surface area contributed by atoms with Crippen LogP contribution in [0.1, 0.15) is 12.0 Å². The topological polar surface area (TPSA) is 44.8 Å². The van der Waals surface area contributed by atoms with Gasteiger partial charge in [-0.25, -0.2) is 0 Å². The van der Waals surface area contributed by atoms with Gasteiger partial charge in [0, 0.05) is 6.42 Å². The standard InChI is InChI=1S/C12H14O4/c1-14-12(13)8-9-3-4-10-11(7-9)16-6-2-5-15-10/h3-4,7H,2,5-6,8H2,1H3. The lowest BCUT2D eigenvalue weighted by Gasteiger charge is -2.08. The highest BCUT2D eigenvalue weighted by molar-refractivity contribution is 5.72. The Kier molecular flexibility index (Phi) is 3.29. The van der Waals surface area contributed by atoms with Crippen molar-refractivity contribution in [3.8, 4) is 11.5 Å². The molecular formula is C12H14O4. The molecule has 0 unspecified atom stereocenters. The first-order valence-electron chi connectivity index (χ1n) is 5.25. The summed E-state index contributed by atoms with van der Waals surface area (Å²) >= 11 is 0. The third-order valence-corrected chi connectivity index (χ3v) is 2.39. The maximum absolute atomic E-state index is 11.1. The lowest BCUT2D eigenvalue weighted by atomic mass is 10.1. The van der Waals surface area contributed by atoms with E-state index in [9.17, 15) is 4.79 Å². The fraction of sp³-hybridized carbons (Fsp3) is 0.417. The Morgan fingerprint density at radius 1 is 1.31 bits per heavy atom. The summed E-state index contributed by atoms with van der Waals surface area (Å²) in [4.78, 5) is 11.1. The normalized spacial score (nSPS) is 14.1. The number of carbonyl (C=O) groups excluding carboxylic acids is 1. The first-order chi connectivity index (χ1) is 7.79. The van der Waals surface area contributed by atoms with Gasteiger partial charge >= 0.3 is 5.97 Å². The number of benzene rings is 1. The molecule has 86 valence electrons. The van der Waals surface area contributed by atoms with Gasteiger partial charge in [-0.15, -0.1) is 0 Å². The number of fused-ring (bicyclic) bond motifs is 1. The zero-order valence-corrected chi connectivity index (χ0v) is 9.19. The molecule has 1 heterocycles. The molecule has 1 aliphatic heterocycles. The largest absolute Gasteiger partial charge is 0.490 e. The summed E-state index contributed by atoms with van der Waals surface area (Å²) in [6.07, 6.45) is 1.13. The van der Waals surface area contributed by atoms with E-state index in [1.807, 2.05) is 18.2 Å². The summed E-state index contributed by atoms with van der Waals surface area (Å²) in [5.74, 6) is 1.19. The Morgan fingerprint density at radius 2 is 2.06 bits per heavy atom. The number of hydrogen-bond donors (Lipinski definition) is 0. The van der Waals surface area contributed by atoms with Gasteiger partial charge in [-0.2, -0.15) is 0 Å². The molecule has 0 N–H and O–H groups in total. The molecule has 0 saturated heterocycles. The summed E-state index contributed by atoms with van der Waals surface area (Å²) in [5, 5.41) is 0. The zero-order valence-electron chi connectivity index (χ0n) is 9.19. The Bertz CT molecular complexity index is 387. The second-order valence-electron chi connectivity index (χ2n) is 3.58. The van der Waals surface area contributed by atoms with E-state index in [2.05, 4.69) is 4.74 Å². The molecule has 4 nitrogen and oxygen atoms in total. The Labute approximate surface area is 94.1 Å². The van der Waals surface area contributed by atoms with Gasteiger partial charge < -0.3 is 14.2 Å². The van der Waals surface area contributed by atoms with Gasteiger partial charge in [0.1, 0.15) is 0 Å². The number of esters is 1. The molecule has 0 bridgehead atoms. The van der Waals surface area contributed by atoms with Crippen molar-refractivity contribution >= 4 is 5.97 Å². The van der Waals surface area contributed by atoms with E-state index in [1.165, 1.54) is 7.11 Å². The van der Waals surface area contributed by atoms with Crippen LogP contribution in [0.25, 0.3) is 0 Å². The van der Waals surface area contributed by atoms with Crippen molar-refractivity contribution in [2.75, 3.05) is 20.3 Å². The third-order valence-electron chi connectivity index (χ3n) is 2.39. The van der Waals surface area contributed by atoms with E-state index in [1.54, 1.807) is 0 Å². The van der Waals surface area contributed by atoms with Crippen molar-refractivity contribution in [2.24, 2.45) is 0 Å². The van der Waals surface area contributed by atoms with Crippen LogP contribution in [0.5, 0.6) is 11.5 Å². The molecular weight excluding hydrogens is 208 g/mol. The van der Waals surface area contributed by atoms with Crippen LogP contribution < -0.4 is 9.47 Å². The maximum atomic E-state index is 11.1. The van der Waals surface area contributed by atoms with Crippen LogP contribution in [0.3, 0.4) is 0 Å². The van der Waals surface area contributed by atoms with Gasteiger partial charge in [0.15, 0.2) is 11.5 Å². The van der Waals surface area contributed by atoms with Gasteiger partial charge in [0.05, 0.1) is 26.7 Å². The molecule has 1 aromatic carbocycles. The predicted molar refractivity (Wildman–Crippen MR) is 57.8 cm³/mol. The average Bonchev–Trinajstić information content (AvgIpc) is 2.53. The van der Waals surface area contributed by atoms with Crippen molar-refractivity contribution in [3.05, 3.63) is 23.8 Å². The van der Waals surface area contributed by atoms with E-state index in [-0.39, 0.29) is 12.4 Å². The molecule has 2 rings (SSSR count). The fourth-order valence-electron chi connectivity index (χ4n) is 1.56. The number of ether oxygens (including phenoxy) is 3. The summed E-state index contributed by atoms with van der Waals surface area (Å²) < 4.78 is 15.6. The summed E-state index contributed by atoms with van der Waals surface area (Å²) in [6.45, 7) is 1.32. The third kappa shape index (κ3) is 2.45. The van der Waals surface area contributed by atoms with Crippen LogP contribution in [0.15, 0.2) is 18.2 Å². The highest BCUT2D eigenvalue weighted by Gasteiger charge is 2.12. The van der Waals surface area contributed by atoms with Crippen LogP contribution in [-0.4, -0.2) is 26.3 Å². The van der Waals surface area contributed by atoms with Crippen molar-refractivity contribution in [2.45, 2.75) is 12.8 Å². The second-order valence-corrected chi connectivity index (χ2v) is 3.58. The predicted octanol–water partition coefficient (Wildman–Crippen LogP) is 1.56. The van der Waals surface area contributed by atoms with Crippen LogP contribution in [0.2, 0.25) is 0 Å². The van der Waals surface area contributed by atoms with Gasteiger partial charge in [0.25, 0.3) is 0 Å². The summed E-state index contributed by atoms with van der Waals surface area (Å²) in [7, 11) is 1.38. The Balaban J connectivity index is 2.17. The molecule has 0 amide bonds. The number of carbonyl (C=O) groups is 1. The van der Waals surface area contributed by atoms with Crippen LogP contribution >= 0.6 is 0 Å².